The molecule has 6 nitrogen and oxygen atoms in total. The van der Waals surface area contributed by atoms with Gasteiger partial charge in [0.05, 0.1) is 22.5 Å². The number of halogens is 2. The van der Waals surface area contributed by atoms with Crippen molar-refractivity contribution in [1.29, 1.82) is 0 Å². The Hall–Kier alpha value is -2.78. The SMILES string of the molecule is O=C(CSc1nc2ccccc2nc1SCC(=O)NCc1ccc(Cl)cc1)NCc1ccc(Cl)cc1. The Labute approximate surface area is 227 Å². The van der Waals surface area contributed by atoms with E-state index in [1.54, 1.807) is 24.3 Å². The third-order valence-electron chi connectivity index (χ3n) is 4.99. The first kappa shape index (κ1) is 26.3. The molecule has 0 atom stereocenters. The summed E-state index contributed by atoms with van der Waals surface area (Å²) >= 11 is 14.4. The summed E-state index contributed by atoms with van der Waals surface area (Å²) in [6.07, 6.45) is 0. The number of benzene rings is 3. The second-order valence-electron chi connectivity index (χ2n) is 7.71. The molecule has 2 amide bonds. The smallest absolute Gasteiger partial charge is 0.230 e. The van der Waals surface area contributed by atoms with Crippen LogP contribution < -0.4 is 10.6 Å². The van der Waals surface area contributed by atoms with Crippen LogP contribution in [0.4, 0.5) is 0 Å². The number of amides is 2. The number of carbonyl (C=O) groups excluding carboxylic acids is 2. The fourth-order valence-corrected chi connectivity index (χ4v) is 5.14. The predicted molar refractivity (Wildman–Crippen MR) is 148 cm³/mol. The Bertz CT molecular complexity index is 1250. The van der Waals surface area contributed by atoms with Crippen molar-refractivity contribution in [2.45, 2.75) is 23.1 Å². The number of aromatic nitrogens is 2. The topological polar surface area (TPSA) is 84.0 Å². The van der Waals surface area contributed by atoms with Crippen molar-refractivity contribution < 1.29 is 9.59 Å². The van der Waals surface area contributed by atoms with Gasteiger partial charge in [0.1, 0.15) is 10.1 Å². The van der Waals surface area contributed by atoms with Gasteiger partial charge in [-0.15, -0.1) is 0 Å². The van der Waals surface area contributed by atoms with Gasteiger partial charge >= 0.3 is 0 Å². The molecule has 0 bridgehead atoms. The highest BCUT2D eigenvalue weighted by atomic mass is 35.5. The van der Waals surface area contributed by atoms with Crippen LogP contribution in [0.1, 0.15) is 11.1 Å². The molecule has 0 spiro atoms. The normalized spacial score (nSPS) is 10.8. The molecule has 0 aliphatic heterocycles. The second-order valence-corrected chi connectivity index (χ2v) is 10.5. The van der Waals surface area contributed by atoms with Crippen molar-refractivity contribution in [3.63, 3.8) is 0 Å². The zero-order chi connectivity index (χ0) is 25.3. The number of hydrogen-bond acceptors (Lipinski definition) is 6. The Morgan fingerprint density at radius 2 is 1.03 bits per heavy atom. The molecule has 1 heterocycles. The highest BCUT2D eigenvalue weighted by Gasteiger charge is 2.14. The molecular formula is C26H22Cl2N4O2S2. The molecule has 4 rings (SSSR count). The molecule has 0 saturated carbocycles. The van der Waals surface area contributed by atoms with Gasteiger partial charge in [0.2, 0.25) is 11.8 Å². The van der Waals surface area contributed by atoms with E-state index in [9.17, 15) is 9.59 Å². The average molecular weight is 558 g/mol. The number of para-hydroxylation sites is 2. The fourth-order valence-electron chi connectivity index (χ4n) is 3.13. The molecule has 0 fully saturated rings. The molecular weight excluding hydrogens is 535 g/mol. The monoisotopic (exact) mass is 556 g/mol. The summed E-state index contributed by atoms with van der Waals surface area (Å²) in [6.45, 7) is 0.824. The number of nitrogens with zero attached hydrogens (tertiary/aromatic N) is 2. The number of fused-ring (bicyclic) bond motifs is 1. The van der Waals surface area contributed by atoms with E-state index in [1.165, 1.54) is 23.5 Å². The van der Waals surface area contributed by atoms with Crippen LogP contribution in [0.15, 0.2) is 82.8 Å². The van der Waals surface area contributed by atoms with Crippen molar-refractivity contribution in [2.75, 3.05) is 11.5 Å². The summed E-state index contributed by atoms with van der Waals surface area (Å²) in [4.78, 5) is 34.3. The Morgan fingerprint density at radius 3 is 1.42 bits per heavy atom. The minimum Gasteiger partial charge on any atom is -0.351 e. The molecule has 2 N–H and O–H groups in total. The number of nitrogens with one attached hydrogen (secondary N) is 2. The van der Waals surface area contributed by atoms with Crippen molar-refractivity contribution in [3.05, 3.63) is 94.0 Å². The Kier molecular flexibility index (Phi) is 9.47. The summed E-state index contributed by atoms with van der Waals surface area (Å²) in [5.41, 5.74) is 3.39. The lowest BCUT2D eigenvalue weighted by Crippen LogP contribution is -2.25. The maximum Gasteiger partial charge on any atom is 0.230 e. The van der Waals surface area contributed by atoms with Gasteiger partial charge in [0.25, 0.3) is 0 Å². The molecule has 0 aliphatic carbocycles. The van der Waals surface area contributed by atoms with Crippen LogP contribution in [0.2, 0.25) is 10.0 Å². The number of thioether (sulfide) groups is 2. The predicted octanol–water partition coefficient (Wildman–Crippen LogP) is 5.75. The van der Waals surface area contributed by atoms with E-state index in [4.69, 9.17) is 33.2 Å². The maximum atomic E-state index is 12.5. The minimum absolute atomic E-state index is 0.124. The van der Waals surface area contributed by atoms with Crippen LogP contribution in [-0.4, -0.2) is 33.3 Å². The second kappa shape index (κ2) is 13.0. The Balaban J connectivity index is 1.35. The quantitative estimate of drug-likeness (QED) is 0.242. The molecule has 4 aromatic rings. The van der Waals surface area contributed by atoms with Gasteiger partial charge in [-0.2, -0.15) is 0 Å². The van der Waals surface area contributed by atoms with Crippen molar-refractivity contribution in [1.82, 2.24) is 20.6 Å². The number of rotatable bonds is 10. The van der Waals surface area contributed by atoms with Crippen molar-refractivity contribution in [3.8, 4) is 0 Å². The van der Waals surface area contributed by atoms with Crippen molar-refractivity contribution >= 4 is 69.6 Å². The van der Waals surface area contributed by atoms with Crippen molar-refractivity contribution in [2.24, 2.45) is 0 Å². The van der Waals surface area contributed by atoms with Crippen LogP contribution in [0.25, 0.3) is 11.0 Å². The number of hydrogen-bond donors (Lipinski definition) is 2. The average Bonchev–Trinajstić information content (AvgIpc) is 2.89. The highest BCUT2D eigenvalue weighted by molar-refractivity contribution is 8.02. The van der Waals surface area contributed by atoms with E-state index in [-0.39, 0.29) is 23.3 Å². The van der Waals surface area contributed by atoms with E-state index in [0.29, 0.717) is 33.2 Å². The van der Waals surface area contributed by atoms with Gasteiger partial charge in [-0.05, 0) is 47.5 Å². The van der Waals surface area contributed by atoms with Crippen LogP contribution in [0.3, 0.4) is 0 Å². The molecule has 1 aromatic heterocycles. The standard InChI is InChI=1S/C26H22Cl2N4O2S2/c27-19-9-5-17(6-10-19)13-29-23(33)15-35-25-26(32-22-4-2-1-3-21(22)31-25)36-16-24(34)30-14-18-7-11-20(28)12-8-18/h1-12H,13-16H2,(H,29,33)(H,30,34). The zero-order valence-electron chi connectivity index (χ0n) is 19.0. The van der Waals surface area contributed by atoms with E-state index < -0.39 is 0 Å². The summed E-state index contributed by atoms with van der Waals surface area (Å²) < 4.78 is 0. The lowest BCUT2D eigenvalue weighted by molar-refractivity contribution is -0.119. The number of carbonyl (C=O) groups is 2. The maximum absolute atomic E-state index is 12.5. The van der Waals surface area contributed by atoms with Gasteiger partial charge in [0.15, 0.2) is 0 Å². The molecule has 10 heteroatoms. The van der Waals surface area contributed by atoms with Crippen LogP contribution in [-0.2, 0) is 22.7 Å². The highest BCUT2D eigenvalue weighted by Crippen LogP contribution is 2.29. The fraction of sp³-hybridized carbons (Fsp3) is 0.154. The first-order chi connectivity index (χ1) is 17.5. The van der Waals surface area contributed by atoms with Gasteiger partial charge in [0, 0.05) is 23.1 Å². The molecule has 0 unspecified atom stereocenters. The van der Waals surface area contributed by atoms with Gasteiger partial charge in [-0.3, -0.25) is 9.59 Å². The summed E-state index contributed by atoms with van der Waals surface area (Å²) in [5.74, 6) is 0.108. The van der Waals surface area contributed by atoms with E-state index >= 15 is 0 Å². The molecule has 0 aliphatic rings. The minimum atomic E-state index is -0.124. The molecule has 0 radical (unpaired) electrons. The van der Waals surface area contributed by atoms with Gasteiger partial charge < -0.3 is 10.6 Å². The molecule has 0 saturated heterocycles. The molecule has 184 valence electrons. The third-order valence-corrected chi connectivity index (χ3v) is 7.56. The Morgan fingerprint density at radius 1 is 0.639 bits per heavy atom. The summed E-state index contributed by atoms with van der Waals surface area (Å²) in [6, 6.07) is 22.2. The van der Waals surface area contributed by atoms with E-state index in [1.807, 2.05) is 48.5 Å². The zero-order valence-corrected chi connectivity index (χ0v) is 22.2. The first-order valence-corrected chi connectivity index (χ1v) is 13.7. The lowest BCUT2D eigenvalue weighted by atomic mass is 10.2. The van der Waals surface area contributed by atoms with Crippen LogP contribution >= 0.6 is 46.7 Å². The largest absolute Gasteiger partial charge is 0.351 e. The molecule has 3 aromatic carbocycles. The first-order valence-electron chi connectivity index (χ1n) is 11.0. The van der Waals surface area contributed by atoms with Crippen LogP contribution in [0.5, 0.6) is 0 Å². The third kappa shape index (κ3) is 7.86. The molecule has 36 heavy (non-hydrogen) atoms. The van der Waals surface area contributed by atoms with Gasteiger partial charge in [-0.1, -0.05) is 83.1 Å². The van der Waals surface area contributed by atoms with Gasteiger partial charge in [-0.25, -0.2) is 9.97 Å². The summed E-state index contributed by atoms with van der Waals surface area (Å²) in [5, 5.41) is 8.34. The lowest BCUT2D eigenvalue weighted by Gasteiger charge is -2.10. The summed E-state index contributed by atoms with van der Waals surface area (Å²) in [7, 11) is 0. The van der Waals surface area contributed by atoms with E-state index in [2.05, 4.69) is 10.6 Å². The van der Waals surface area contributed by atoms with Crippen LogP contribution in [0, 0.1) is 0 Å². The van der Waals surface area contributed by atoms with E-state index in [0.717, 1.165) is 22.2 Å².